The third kappa shape index (κ3) is 3.06. The third-order valence-corrected chi connectivity index (χ3v) is 2.36. The SMILES string of the molecule is COC(=O)/C(C#N)=C/c1cc([N+](=O)[O-])ccc1Cl. The highest BCUT2D eigenvalue weighted by atomic mass is 35.5. The first-order valence-electron chi connectivity index (χ1n) is 4.63. The first-order chi connectivity index (χ1) is 8.49. The van der Waals surface area contributed by atoms with Gasteiger partial charge in [0.1, 0.15) is 11.6 Å². The van der Waals surface area contributed by atoms with E-state index in [2.05, 4.69) is 4.74 Å². The Morgan fingerprint density at radius 3 is 2.78 bits per heavy atom. The Kier molecular flexibility index (Phi) is 4.40. The molecule has 92 valence electrons. The van der Waals surface area contributed by atoms with E-state index in [1.54, 1.807) is 6.07 Å². The summed E-state index contributed by atoms with van der Waals surface area (Å²) in [5, 5.41) is 19.5. The van der Waals surface area contributed by atoms with Crippen molar-refractivity contribution in [1.29, 1.82) is 5.26 Å². The molecule has 0 saturated heterocycles. The summed E-state index contributed by atoms with van der Waals surface area (Å²) in [4.78, 5) is 21.2. The van der Waals surface area contributed by atoms with Gasteiger partial charge in [0.15, 0.2) is 0 Å². The molecule has 0 radical (unpaired) electrons. The molecular weight excluding hydrogens is 260 g/mol. The first-order valence-corrected chi connectivity index (χ1v) is 5.01. The van der Waals surface area contributed by atoms with Gasteiger partial charge in [0.25, 0.3) is 5.69 Å². The van der Waals surface area contributed by atoms with Crippen molar-refractivity contribution in [1.82, 2.24) is 0 Å². The molecule has 0 N–H and O–H groups in total. The van der Waals surface area contributed by atoms with E-state index in [1.165, 1.54) is 18.2 Å². The zero-order chi connectivity index (χ0) is 13.7. The molecule has 0 aliphatic heterocycles. The molecule has 0 saturated carbocycles. The Labute approximate surface area is 107 Å². The molecule has 6 nitrogen and oxygen atoms in total. The second kappa shape index (κ2) is 5.80. The molecule has 7 heteroatoms. The number of non-ortho nitro benzene ring substituents is 1. The zero-order valence-corrected chi connectivity index (χ0v) is 9.97. The van der Waals surface area contributed by atoms with E-state index in [1.807, 2.05) is 0 Å². The number of esters is 1. The highest BCUT2D eigenvalue weighted by molar-refractivity contribution is 6.32. The Morgan fingerprint density at radius 2 is 2.28 bits per heavy atom. The lowest BCUT2D eigenvalue weighted by Gasteiger charge is -2.00. The number of nitro groups is 1. The number of hydrogen-bond acceptors (Lipinski definition) is 5. The second-order valence-corrected chi connectivity index (χ2v) is 3.53. The van der Waals surface area contributed by atoms with Crippen LogP contribution in [0.4, 0.5) is 5.69 Å². The summed E-state index contributed by atoms with van der Waals surface area (Å²) in [6.07, 6.45) is 1.14. The minimum absolute atomic E-state index is 0.187. The average Bonchev–Trinajstić information content (AvgIpc) is 2.36. The van der Waals surface area contributed by atoms with Crippen molar-refractivity contribution in [2.24, 2.45) is 0 Å². The highest BCUT2D eigenvalue weighted by Crippen LogP contribution is 2.24. The van der Waals surface area contributed by atoms with E-state index in [0.29, 0.717) is 0 Å². The second-order valence-electron chi connectivity index (χ2n) is 3.12. The molecule has 0 aromatic heterocycles. The summed E-state index contributed by atoms with van der Waals surface area (Å²) < 4.78 is 4.39. The molecular formula is C11H7ClN2O4. The number of nitriles is 1. The number of ether oxygens (including phenoxy) is 1. The summed E-state index contributed by atoms with van der Waals surface area (Å²) in [6.45, 7) is 0. The monoisotopic (exact) mass is 266 g/mol. The van der Waals surface area contributed by atoms with Crippen molar-refractivity contribution in [3.05, 3.63) is 44.5 Å². The molecule has 0 atom stereocenters. The first kappa shape index (κ1) is 13.7. The summed E-state index contributed by atoms with van der Waals surface area (Å²) >= 11 is 5.82. The third-order valence-electron chi connectivity index (χ3n) is 2.02. The van der Waals surface area contributed by atoms with Crippen molar-refractivity contribution in [2.75, 3.05) is 7.11 Å². The van der Waals surface area contributed by atoms with Gasteiger partial charge in [-0.2, -0.15) is 5.26 Å². The molecule has 0 heterocycles. The molecule has 0 fully saturated rings. The predicted octanol–water partition coefficient (Wildman–Crippen LogP) is 2.33. The van der Waals surface area contributed by atoms with Crippen LogP contribution in [-0.4, -0.2) is 18.0 Å². The lowest BCUT2D eigenvalue weighted by molar-refractivity contribution is -0.384. The number of rotatable bonds is 3. The number of halogens is 1. The van der Waals surface area contributed by atoms with Crippen molar-refractivity contribution in [3.8, 4) is 6.07 Å². The molecule has 0 unspecified atom stereocenters. The van der Waals surface area contributed by atoms with Crippen LogP contribution < -0.4 is 0 Å². The van der Waals surface area contributed by atoms with Crippen LogP contribution >= 0.6 is 11.6 Å². The fraction of sp³-hybridized carbons (Fsp3) is 0.0909. The number of nitro benzene ring substituents is 1. The minimum Gasteiger partial charge on any atom is -0.465 e. The van der Waals surface area contributed by atoms with E-state index in [-0.39, 0.29) is 21.8 Å². The number of methoxy groups -OCH3 is 1. The molecule has 0 aliphatic carbocycles. The average molecular weight is 267 g/mol. The van der Waals surface area contributed by atoms with Gasteiger partial charge in [-0.3, -0.25) is 10.1 Å². The maximum atomic E-state index is 11.2. The molecule has 1 rings (SSSR count). The number of nitrogens with zero attached hydrogens (tertiary/aromatic N) is 2. The lowest BCUT2D eigenvalue weighted by Crippen LogP contribution is -2.02. The number of hydrogen-bond donors (Lipinski definition) is 0. The smallest absolute Gasteiger partial charge is 0.348 e. The summed E-state index contributed by atoms with van der Waals surface area (Å²) in [7, 11) is 1.13. The van der Waals surface area contributed by atoms with Gasteiger partial charge in [-0.15, -0.1) is 0 Å². The van der Waals surface area contributed by atoms with Crippen molar-refractivity contribution in [2.45, 2.75) is 0 Å². The van der Waals surface area contributed by atoms with Crippen molar-refractivity contribution >= 4 is 29.3 Å². The van der Waals surface area contributed by atoms with Crippen LogP contribution in [0.15, 0.2) is 23.8 Å². The zero-order valence-electron chi connectivity index (χ0n) is 9.21. The number of benzene rings is 1. The minimum atomic E-state index is -0.833. The van der Waals surface area contributed by atoms with Gasteiger partial charge >= 0.3 is 5.97 Å². The highest BCUT2D eigenvalue weighted by Gasteiger charge is 2.12. The molecule has 0 bridgehead atoms. The van der Waals surface area contributed by atoms with Crippen molar-refractivity contribution in [3.63, 3.8) is 0 Å². The Bertz CT molecular complexity index is 575. The normalized spacial score (nSPS) is 10.6. The van der Waals surface area contributed by atoms with Crippen LogP contribution in [0.3, 0.4) is 0 Å². The molecule has 0 amide bonds. The molecule has 1 aromatic carbocycles. The van der Waals surface area contributed by atoms with Gasteiger partial charge in [0.2, 0.25) is 0 Å². The molecule has 0 spiro atoms. The Hall–Kier alpha value is -2.39. The van der Waals surface area contributed by atoms with E-state index in [9.17, 15) is 14.9 Å². The van der Waals surface area contributed by atoms with E-state index >= 15 is 0 Å². The van der Waals surface area contributed by atoms with Gasteiger partial charge < -0.3 is 4.74 Å². The predicted molar refractivity (Wildman–Crippen MR) is 63.7 cm³/mol. The number of carbonyl (C=O) groups excluding carboxylic acids is 1. The Balaban J connectivity index is 3.29. The topological polar surface area (TPSA) is 93.2 Å². The lowest BCUT2D eigenvalue weighted by atomic mass is 10.1. The van der Waals surface area contributed by atoms with Crippen LogP contribution in [0.2, 0.25) is 5.02 Å². The van der Waals surface area contributed by atoms with E-state index < -0.39 is 10.9 Å². The van der Waals surface area contributed by atoms with Gasteiger partial charge in [-0.1, -0.05) is 11.6 Å². The van der Waals surface area contributed by atoms with Crippen LogP contribution in [0.25, 0.3) is 6.08 Å². The maximum Gasteiger partial charge on any atom is 0.348 e. The maximum absolute atomic E-state index is 11.2. The molecule has 0 aliphatic rings. The van der Waals surface area contributed by atoms with Gasteiger partial charge in [-0.25, -0.2) is 4.79 Å². The van der Waals surface area contributed by atoms with Crippen LogP contribution in [0.5, 0.6) is 0 Å². The van der Waals surface area contributed by atoms with Crippen LogP contribution in [0.1, 0.15) is 5.56 Å². The molecule has 18 heavy (non-hydrogen) atoms. The van der Waals surface area contributed by atoms with Gasteiger partial charge in [0.05, 0.1) is 12.0 Å². The fourth-order valence-electron chi connectivity index (χ4n) is 1.16. The largest absolute Gasteiger partial charge is 0.465 e. The van der Waals surface area contributed by atoms with Gasteiger partial charge in [-0.05, 0) is 12.1 Å². The standard InChI is InChI=1S/C11H7ClN2O4/c1-18-11(15)8(6-13)4-7-5-9(14(16)17)2-3-10(7)12/h2-5H,1H3/b8-4+. The Morgan fingerprint density at radius 1 is 1.61 bits per heavy atom. The van der Waals surface area contributed by atoms with E-state index in [0.717, 1.165) is 13.2 Å². The van der Waals surface area contributed by atoms with Crippen LogP contribution in [0, 0.1) is 21.4 Å². The van der Waals surface area contributed by atoms with Crippen LogP contribution in [-0.2, 0) is 9.53 Å². The van der Waals surface area contributed by atoms with E-state index in [4.69, 9.17) is 16.9 Å². The summed E-state index contributed by atoms with van der Waals surface area (Å²) in [6, 6.07) is 5.35. The van der Waals surface area contributed by atoms with Gasteiger partial charge in [0, 0.05) is 22.7 Å². The van der Waals surface area contributed by atoms with Crippen molar-refractivity contribution < 1.29 is 14.5 Å². The summed E-state index contributed by atoms with van der Waals surface area (Å²) in [5.41, 5.74) is -0.277. The fourth-order valence-corrected chi connectivity index (χ4v) is 1.33. The quantitative estimate of drug-likeness (QED) is 0.275. The number of carbonyl (C=O) groups is 1. The molecule has 1 aromatic rings. The summed E-state index contributed by atoms with van der Waals surface area (Å²) in [5.74, 6) is -0.833.